The lowest BCUT2D eigenvalue weighted by atomic mass is 9.99. The minimum Gasteiger partial charge on any atom is -0.399 e. The molecule has 5 N–H and O–H groups in total. The lowest BCUT2D eigenvalue weighted by molar-refractivity contribution is 0.0666. The van der Waals surface area contributed by atoms with Crippen LogP contribution in [0.5, 0.6) is 0 Å². The molecule has 4 aliphatic rings. The summed E-state index contributed by atoms with van der Waals surface area (Å²) < 4.78 is 27.5. The molecule has 2 saturated carbocycles. The van der Waals surface area contributed by atoms with Gasteiger partial charge in [0.25, 0.3) is 11.8 Å². The van der Waals surface area contributed by atoms with Crippen LogP contribution in [0.15, 0.2) is 211 Å². The molecule has 12 rings (SSSR count). The molecule has 17 heteroatoms. The summed E-state index contributed by atoms with van der Waals surface area (Å²) in [6, 6.07) is 63.5. The first-order valence-corrected chi connectivity index (χ1v) is 33.9. The topological polar surface area (TPSA) is 147 Å². The summed E-state index contributed by atoms with van der Waals surface area (Å²) in [5, 5.41) is 10.8. The number of urea groups is 2. The van der Waals surface area contributed by atoms with E-state index in [-0.39, 0.29) is 31.8 Å². The summed E-state index contributed by atoms with van der Waals surface area (Å²) in [5.74, 6) is -1.31. The second-order valence-corrected chi connectivity index (χ2v) is 27.0. The Bertz CT molecular complexity index is 3620. The maximum Gasteiger partial charge on any atom is 0.321 e. The molecule has 0 unspecified atom stereocenters. The van der Waals surface area contributed by atoms with Gasteiger partial charge in [-0.25, -0.2) is 18.4 Å². The van der Waals surface area contributed by atoms with Gasteiger partial charge in [0.05, 0.1) is 0 Å². The number of hydrogen-bond acceptors (Lipinski definition) is 7. The number of carbonyl (C=O) groups excluding carboxylic acids is 4. The van der Waals surface area contributed by atoms with Gasteiger partial charge >= 0.3 is 12.1 Å². The van der Waals surface area contributed by atoms with Gasteiger partial charge in [-0.2, -0.15) is 0 Å². The average Bonchev–Trinajstić information content (AvgIpc) is 1.24. The number of rotatable bonds is 11. The highest BCUT2D eigenvalue weighted by Crippen LogP contribution is 2.56. The van der Waals surface area contributed by atoms with E-state index >= 15 is 0 Å². The van der Waals surface area contributed by atoms with Gasteiger partial charge in [-0.15, -0.1) is 0 Å². The van der Waals surface area contributed by atoms with E-state index < -0.39 is 11.6 Å². The maximum atomic E-state index is 13.4. The molecule has 2 aliphatic carbocycles. The quantitative estimate of drug-likeness (QED) is 0.0745. The van der Waals surface area contributed by atoms with Gasteiger partial charge in [-0.3, -0.25) is 9.59 Å². The van der Waals surface area contributed by atoms with Gasteiger partial charge in [0.2, 0.25) is 0 Å². The molecule has 8 aromatic rings. The molecule has 91 heavy (non-hydrogen) atoms. The Kier molecular flexibility index (Phi) is 25.0. The van der Waals surface area contributed by atoms with Crippen molar-refractivity contribution in [2.45, 2.75) is 75.5 Å². The fraction of sp³-hybridized carbons (Fsp3) is 0.297. The monoisotopic (exact) mass is 1310 g/mol. The number of piperazine rings is 2. The number of amides is 6. The van der Waals surface area contributed by atoms with E-state index in [0.717, 1.165) is 32.9 Å². The van der Waals surface area contributed by atoms with Crippen LogP contribution in [0.25, 0.3) is 11.1 Å². The highest BCUT2D eigenvalue weighted by atomic mass is 79.9. The Morgan fingerprint density at radius 2 is 0.868 bits per heavy atom. The molecule has 0 aromatic heterocycles. The van der Waals surface area contributed by atoms with Crippen molar-refractivity contribution in [3.05, 3.63) is 233 Å². The summed E-state index contributed by atoms with van der Waals surface area (Å²) in [6.07, 6.45) is 14.6. The van der Waals surface area contributed by atoms with Crippen LogP contribution in [0.1, 0.15) is 84.9 Å². The minimum absolute atomic E-state index is 0.0867. The van der Waals surface area contributed by atoms with Crippen LogP contribution in [0.4, 0.5) is 52.5 Å². The predicted octanol–water partition coefficient (Wildman–Crippen LogP) is 16.6. The zero-order valence-corrected chi connectivity index (χ0v) is 54.5. The summed E-state index contributed by atoms with van der Waals surface area (Å²) in [7, 11) is 4.26. The standard InChI is InChI=1S/C26H36NP.C24H23FN4O2.C18H17BrFN3O2.C6H7N/c1-27(2)25-19-11-9-17-23(25)24-18-10-12-20-26(24)28(21-13-5-3-6-14-21)22-15-7-4-8-16-22;25-19-7-4-6-18(16-19)23(30)28-12-14-29(15-13-28)24(31)27-22-11-5-10-21(17-22)26-20-8-2-1-3-9-20;19-14-4-2-6-16(12-14)21-18(25)23-9-7-22(8-10-23)17(24)13-3-1-5-15(20)11-13;7-6-4-2-1-3-5-6/h9-12,17-22H,3-8,13-16H2,1-2H3;1-11,16-17,26H,12-15H2,(H,27,31);1-6,11-12H,7-10H2,(H,21,25);1-5H,7H2. The van der Waals surface area contributed by atoms with Crippen molar-refractivity contribution in [2.75, 3.05) is 93.0 Å². The van der Waals surface area contributed by atoms with E-state index in [0.29, 0.717) is 74.9 Å². The first-order chi connectivity index (χ1) is 44.3. The third kappa shape index (κ3) is 19.7. The maximum absolute atomic E-state index is 13.4. The van der Waals surface area contributed by atoms with E-state index in [1.54, 1.807) is 37.0 Å². The molecule has 2 heterocycles. The van der Waals surface area contributed by atoms with Crippen molar-refractivity contribution in [2.24, 2.45) is 0 Å². The van der Waals surface area contributed by atoms with Gasteiger partial charge < -0.3 is 46.2 Å². The predicted molar refractivity (Wildman–Crippen MR) is 373 cm³/mol. The van der Waals surface area contributed by atoms with Crippen LogP contribution in [-0.2, 0) is 0 Å². The molecule has 13 nitrogen and oxygen atoms in total. The zero-order chi connectivity index (χ0) is 63.9. The third-order valence-corrected chi connectivity index (χ3v) is 20.7. The number of nitrogen functional groups attached to an aromatic ring is 1. The van der Waals surface area contributed by atoms with E-state index in [4.69, 9.17) is 5.73 Å². The highest BCUT2D eigenvalue weighted by Gasteiger charge is 2.34. The number of nitrogens with one attached hydrogen (secondary N) is 3. The van der Waals surface area contributed by atoms with Crippen LogP contribution >= 0.6 is 23.9 Å². The number of nitrogens with two attached hydrogens (primary N) is 1. The number of benzene rings is 8. The smallest absolute Gasteiger partial charge is 0.321 e. The van der Waals surface area contributed by atoms with Gasteiger partial charge in [0.1, 0.15) is 11.6 Å². The van der Waals surface area contributed by atoms with Crippen LogP contribution in [0, 0.1) is 11.6 Å². The highest BCUT2D eigenvalue weighted by molar-refractivity contribution is 9.10. The molecule has 2 saturated heterocycles. The normalized spacial score (nSPS) is 15.1. The minimum atomic E-state index is -0.437. The third-order valence-electron chi connectivity index (χ3n) is 16.7. The largest absolute Gasteiger partial charge is 0.399 e. The molecule has 0 bridgehead atoms. The Hall–Kier alpha value is -8.59. The molecule has 4 fully saturated rings. The molecule has 0 atom stereocenters. The van der Waals surface area contributed by atoms with Crippen molar-refractivity contribution >= 4 is 87.2 Å². The van der Waals surface area contributed by atoms with Crippen molar-refractivity contribution in [3.63, 3.8) is 0 Å². The van der Waals surface area contributed by atoms with Crippen molar-refractivity contribution < 1.29 is 28.0 Å². The van der Waals surface area contributed by atoms with E-state index in [1.165, 1.54) is 117 Å². The number of carbonyl (C=O) groups is 4. The van der Waals surface area contributed by atoms with E-state index in [2.05, 4.69) is 99.4 Å². The first kappa shape index (κ1) is 66.8. The molecule has 6 amide bonds. The lowest BCUT2D eigenvalue weighted by Gasteiger charge is -2.39. The molecule has 8 aromatic carbocycles. The second kappa shape index (κ2) is 34.0. The number of nitrogens with zero attached hydrogens (tertiary/aromatic N) is 5. The summed E-state index contributed by atoms with van der Waals surface area (Å²) in [4.78, 5) is 58.8. The fourth-order valence-electron chi connectivity index (χ4n) is 12.0. The SMILES string of the molecule is CN(C)c1ccccc1-c1ccccc1P(C1CCCCC1)C1CCCCC1.Nc1ccccc1.O=C(Nc1cccc(Br)c1)N1CCN(C(=O)c2cccc(F)c2)CC1.O=C(Nc1cccc(Nc2ccccc2)c1)N1CCN(C(=O)c2cccc(F)c2)CC1. The molecule has 0 spiro atoms. The van der Waals surface area contributed by atoms with Crippen LogP contribution in [0.2, 0.25) is 0 Å². The Morgan fingerprint density at radius 3 is 1.35 bits per heavy atom. The van der Waals surface area contributed by atoms with Crippen LogP contribution < -0.4 is 31.9 Å². The number of anilines is 6. The van der Waals surface area contributed by atoms with Crippen LogP contribution in [-0.4, -0.2) is 121 Å². The molecular weight excluding hydrogens is 1230 g/mol. The van der Waals surface area contributed by atoms with Crippen molar-refractivity contribution in [1.29, 1.82) is 0 Å². The summed E-state index contributed by atoms with van der Waals surface area (Å²) >= 11 is 3.36. The Balaban J connectivity index is 0.000000154. The van der Waals surface area contributed by atoms with Gasteiger partial charge in [0.15, 0.2) is 0 Å². The molecular formula is C74H83BrF2N9O4P. The second-order valence-electron chi connectivity index (χ2n) is 23.4. The lowest BCUT2D eigenvalue weighted by Crippen LogP contribution is -2.51. The van der Waals surface area contributed by atoms with Crippen molar-refractivity contribution in [1.82, 2.24) is 19.6 Å². The fourth-order valence-corrected chi connectivity index (χ4v) is 16.4. The van der Waals surface area contributed by atoms with Crippen LogP contribution in [0.3, 0.4) is 0 Å². The number of para-hydroxylation sites is 3. The van der Waals surface area contributed by atoms with Gasteiger partial charge in [-0.1, -0.05) is 166 Å². The number of halogens is 3. The van der Waals surface area contributed by atoms with Gasteiger partial charge in [-0.05, 0) is 151 Å². The van der Waals surface area contributed by atoms with E-state index in [1.807, 2.05) is 109 Å². The average molecular weight is 1310 g/mol. The molecule has 0 radical (unpaired) electrons. The summed E-state index contributed by atoms with van der Waals surface area (Å²) in [5.41, 5.74) is 16.2. The number of hydrogen-bond donors (Lipinski definition) is 4. The Morgan fingerprint density at radius 1 is 0.451 bits per heavy atom. The molecule has 2 aliphatic heterocycles. The van der Waals surface area contributed by atoms with Gasteiger partial charge in [0, 0.05) is 122 Å². The van der Waals surface area contributed by atoms with Crippen molar-refractivity contribution in [3.8, 4) is 11.1 Å². The molecule has 474 valence electrons. The Labute approximate surface area is 544 Å². The van der Waals surface area contributed by atoms with E-state index in [9.17, 15) is 28.0 Å². The first-order valence-electron chi connectivity index (χ1n) is 31.6. The summed E-state index contributed by atoms with van der Waals surface area (Å²) in [6.45, 7) is 3.32. The zero-order valence-electron chi connectivity index (χ0n) is 52.0.